The van der Waals surface area contributed by atoms with Gasteiger partial charge in [-0.25, -0.2) is 15.0 Å². The monoisotopic (exact) mass is 615 g/mol. The molecule has 3 aromatic rings. The standard InChI is InChI=1S/C32H44BN6O4Si/c1-31(2,3)44(7,8)43-20-32(4)19-39(33-21-40)29-24(32)15-23(17-35-29)25-11-12-34-30(36-25)37-26-10-9-22(16-28(26)41-6)27-18-42-14-13-38(27)5/h9-12,15-17,21,27H,13-14,18-20H2,1-8H3,(H,34,36,37). The average molecular weight is 616 g/mol. The molecule has 0 amide bonds. The van der Waals surface area contributed by atoms with Gasteiger partial charge in [-0.3, -0.25) is 4.90 Å². The lowest BCUT2D eigenvalue weighted by Crippen LogP contribution is -2.46. The number of rotatable bonds is 10. The molecule has 12 heteroatoms. The molecule has 2 aromatic heterocycles. The molecule has 1 N–H and O–H groups in total. The van der Waals surface area contributed by atoms with Gasteiger partial charge in [-0.2, -0.15) is 0 Å². The van der Waals surface area contributed by atoms with E-state index >= 15 is 0 Å². The molecule has 233 valence electrons. The van der Waals surface area contributed by atoms with Gasteiger partial charge in [0.25, 0.3) is 0 Å². The zero-order valence-corrected chi connectivity index (χ0v) is 28.2. The largest absolute Gasteiger partial charge is 0.495 e. The second kappa shape index (κ2) is 12.6. The molecule has 0 aliphatic carbocycles. The van der Waals surface area contributed by atoms with Crippen LogP contribution >= 0.6 is 0 Å². The van der Waals surface area contributed by atoms with Gasteiger partial charge in [-0.1, -0.05) is 33.8 Å². The molecular weight excluding hydrogens is 571 g/mol. The van der Waals surface area contributed by atoms with E-state index in [-0.39, 0.29) is 16.5 Å². The number of likely N-dealkylation sites (N-methyl/N-ethyl adjacent to an activating group) is 1. The number of carbonyl (C=O) groups excluding carboxylic acids is 1. The average Bonchev–Trinajstić information content (AvgIpc) is 3.27. The van der Waals surface area contributed by atoms with Gasteiger partial charge in [0.05, 0.1) is 37.7 Å². The van der Waals surface area contributed by atoms with Crippen molar-refractivity contribution in [3.63, 3.8) is 0 Å². The number of hydrogen-bond donors (Lipinski definition) is 1. The summed E-state index contributed by atoms with van der Waals surface area (Å²) in [6.07, 6.45) is 4.35. The van der Waals surface area contributed by atoms with E-state index in [0.717, 1.165) is 53.2 Å². The Morgan fingerprint density at radius 1 is 1.23 bits per heavy atom. The number of methoxy groups -OCH3 is 1. The molecule has 5 rings (SSSR count). The molecule has 44 heavy (non-hydrogen) atoms. The maximum absolute atomic E-state index is 11.5. The van der Waals surface area contributed by atoms with Crippen LogP contribution in [-0.4, -0.2) is 88.8 Å². The molecule has 1 saturated heterocycles. The van der Waals surface area contributed by atoms with Crippen molar-refractivity contribution in [1.29, 1.82) is 0 Å². The summed E-state index contributed by atoms with van der Waals surface area (Å²) >= 11 is 0. The van der Waals surface area contributed by atoms with Gasteiger partial charge in [-0.15, -0.1) is 0 Å². The predicted octanol–water partition coefficient (Wildman–Crippen LogP) is 5.20. The summed E-state index contributed by atoms with van der Waals surface area (Å²) in [4.78, 5) is 29.8. The fourth-order valence-electron chi connectivity index (χ4n) is 5.44. The molecule has 0 saturated carbocycles. The number of hydrogen-bond acceptors (Lipinski definition) is 10. The third-order valence-electron chi connectivity index (χ3n) is 9.31. The first-order valence-electron chi connectivity index (χ1n) is 15.1. The highest BCUT2D eigenvalue weighted by atomic mass is 28.4. The molecule has 1 fully saturated rings. The van der Waals surface area contributed by atoms with Gasteiger partial charge in [0, 0.05) is 48.6 Å². The van der Waals surface area contributed by atoms with Crippen molar-refractivity contribution in [3.8, 4) is 17.0 Å². The Morgan fingerprint density at radius 2 is 2.02 bits per heavy atom. The molecule has 2 aliphatic heterocycles. The van der Waals surface area contributed by atoms with Crippen LogP contribution in [0.3, 0.4) is 0 Å². The number of nitrogens with zero attached hydrogens (tertiary/aromatic N) is 5. The molecule has 2 unspecified atom stereocenters. The molecule has 0 bridgehead atoms. The number of benzene rings is 1. The van der Waals surface area contributed by atoms with E-state index in [1.165, 1.54) is 0 Å². The molecule has 2 aliphatic rings. The number of aromatic nitrogens is 3. The van der Waals surface area contributed by atoms with Crippen LogP contribution in [0.2, 0.25) is 18.1 Å². The van der Waals surface area contributed by atoms with E-state index in [9.17, 15) is 4.79 Å². The Kier molecular flexibility index (Phi) is 9.18. The summed E-state index contributed by atoms with van der Waals surface area (Å²) < 4.78 is 18.1. The van der Waals surface area contributed by atoms with Crippen molar-refractivity contribution in [2.75, 3.05) is 57.2 Å². The first-order valence-corrected chi connectivity index (χ1v) is 18.0. The highest BCUT2D eigenvalue weighted by Crippen LogP contribution is 2.43. The summed E-state index contributed by atoms with van der Waals surface area (Å²) in [7, 11) is 3.33. The quantitative estimate of drug-likeness (QED) is 0.242. The second-order valence-electron chi connectivity index (χ2n) is 13.5. The van der Waals surface area contributed by atoms with Crippen molar-refractivity contribution in [2.45, 2.75) is 57.3 Å². The SMILES string of the molecule is COc1cc(C2COCCN2C)ccc1Nc1nccc(-c2cnc3c(c2)C(C)(CO[Si](C)(C)C(C)(C)C)CN3[B]C=O)n1. The van der Waals surface area contributed by atoms with Crippen LogP contribution in [-0.2, 0) is 19.4 Å². The van der Waals surface area contributed by atoms with Gasteiger partial charge >= 0.3 is 7.41 Å². The first-order chi connectivity index (χ1) is 20.8. The number of ether oxygens (including phenoxy) is 2. The van der Waals surface area contributed by atoms with Crippen LogP contribution in [0, 0.1) is 0 Å². The lowest BCUT2D eigenvalue weighted by Gasteiger charge is -2.39. The van der Waals surface area contributed by atoms with E-state index in [4.69, 9.17) is 23.9 Å². The summed E-state index contributed by atoms with van der Waals surface area (Å²) in [5.41, 5.74) is 4.19. The lowest BCUT2D eigenvalue weighted by atomic mass is 9.85. The summed E-state index contributed by atoms with van der Waals surface area (Å²) in [6, 6.07) is 10.3. The van der Waals surface area contributed by atoms with Crippen molar-refractivity contribution in [1.82, 2.24) is 19.9 Å². The number of morpholine rings is 1. The van der Waals surface area contributed by atoms with E-state index in [1.54, 1.807) is 26.9 Å². The Bertz CT molecular complexity index is 1500. The maximum atomic E-state index is 11.5. The third-order valence-corrected chi connectivity index (χ3v) is 13.8. The Labute approximate surface area is 262 Å². The molecule has 1 aromatic carbocycles. The number of nitrogens with one attached hydrogen (secondary N) is 1. The number of carbonyl (C=O) groups is 1. The van der Waals surface area contributed by atoms with Crippen molar-refractivity contribution in [3.05, 3.63) is 53.9 Å². The van der Waals surface area contributed by atoms with Gasteiger partial charge < -0.3 is 28.8 Å². The fourth-order valence-corrected chi connectivity index (χ4v) is 6.55. The van der Waals surface area contributed by atoms with Crippen LogP contribution in [0.5, 0.6) is 5.75 Å². The zero-order chi connectivity index (χ0) is 31.7. The third kappa shape index (κ3) is 6.53. The van der Waals surface area contributed by atoms with Gasteiger partial charge in [-0.05, 0) is 55.0 Å². The van der Waals surface area contributed by atoms with E-state index < -0.39 is 8.32 Å². The lowest BCUT2D eigenvalue weighted by molar-refractivity contribution is 0.00501. The molecule has 0 spiro atoms. The normalized spacial score (nSPS) is 20.7. The Morgan fingerprint density at radius 3 is 2.73 bits per heavy atom. The second-order valence-corrected chi connectivity index (χ2v) is 18.3. The number of anilines is 3. The summed E-state index contributed by atoms with van der Waals surface area (Å²) in [5, 5.41) is 3.43. The first kappa shape index (κ1) is 32.1. The topological polar surface area (TPSA) is 102 Å². The smallest absolute Gasteiger partial charge is 0.330 e. The molecule has 1 radical (unpaired) electrons. The van der Waals surface area contributed by atoms with E-state index in [2.05, 4.69) is 75.2 Å². The van der Waals surface area contributed by atoms with E-state index in [0.29, 0.717) is 31.5 Å². The van der Waals surface area contributed by atoms with Crippen LogP contribution in [0.1, 0.15) is 44.9 Å². The fraction of sp³-hybridized carbons (Fsp3) is 0.500. The predicted molar refractivity (Wildman–Crippen MR) is 178 cm³/mol. The van der Waals surface area contributed by atoms with Crippen molar-refractivity contribution in [2.24, 2.45) is 0 Å². The van der Waals surface area contributed by atoms with Crippen molar-refractivity contribution >= 4 is 39.4 Å². The van der Waals surface area contributed by atoms with Crippen molar-refractivity contribution < 1.29 is 18.7 Å². The summed E-state index contributed by atoms with van der Waals surface area (Å²) in [5.74, 6) is 1.93. The molecule has 4 heterocycles. The summed E-state index contributed by atoms with van der Waals surface area (Å²) in [6.45, 7) is 16.9. The van der Waals surface area contributed by atoms with Gasteiger partial charge in [0.15, 0.2) is 8.32 Å². The highest BCUT2D eigenvalue weighted by molar-refractivity contribution is 6.74. The molecule has 2 atom stereocenters. The number of pyridine rings is 1. The molecule has 10 nitrogen and oxygen atoms in total. The van der Waals surface area contributed by atoms with Crippen LogP contribution in [0.4, 0.5) is 17.5 Å². The van der Waals surface area contributed by atoms with Gasteiger partial charge in [0.1, 0.15) is 17.8 Å². The zero-order valence-electron chi connectivity index (χ0n) is 27.2. The molecular formula is C32H44BN6O4Si. The Balaban J connectivity index is 1.41. The Hall–Kier alpha value is -3.32. The highest BCUT2D eigenvalue weighted by Gasteiger charge is 2.44. The maximum Gasteiger partial charge on any atom is 0.330 e. The van der Waals surface area contributed by atoms with Crippen LogP contribution in [0.25, 0.3) is 11.3 Å². The minimum atomic E-state index is -1.99. The minimum absolute atomic E-state index is 0.0908. The minimum Gasteiger partial charge on any atom is -0.495 e. The van der Waals surface area contributed by atoms with Gasteiger partial charge in [0.2, 0.25) is 5.95 Å². The van der Waals surface area contributed by atoms with Crippen LogP contribution < -0.4 is 14.9 Å². The van der Waals surface area contributed by atoms with Crippen LogP contribution in [0.15, 0.2) is 42.7 Å². The number of fused-ring (bicyclic) bond motifs is 1. The van der Waals surface area contributed by atoms with E-state index in [1.807, 2.05) is 23.0 Å².